The first-order chi connectivity index (χ1) is 7.74. The quantitative estimate of drug-likeness (QED) is 0.618. The van der Waals surface area contributed by atoms with Gasteiger partial charge in [-0.2, -0.15) is 0 Å². The summed E-state index contributed by atoms with van der Waals surface area (Å²) < 4.78 is 0. The molecule has 0 saturated heterocycles. The number of hydrogen-bond donors (Lipinski definition) is 3. The Morgan fingerprint density at radius 2 is 1.88 bits per heavy atom. The van der Waals surface area contributed by atoms with Gasteiger partial charge in [0.15, 0.2) is 0 Å². The average molecular weight is 221 g/mol. The van der Waals surface area contributed by atoms with Gasteiger partial charge in [-0.1, -0.05) is 0 Å². The van der Waals surface area contributed by atoms with Gasteiger partial charge < -0.3 is 16.0 Å². The summed E-state index contributed by atoms with van der Waals surface area (Å²) in [5.74, 6) is 0. The monoisotopic (exact) mass is 221 g/mol. The minimum Gasteiger partial charge on any atom is -0.312 e. The van der Waals surface area contributed by atoms with Crippen molar-refractivity contribution >= 4 is 0 Å². The van der Waals surface area contributed by atoms with E-state index in [0.29, 0.717) is 0 Å². The third-order valence-corrected chi connectivity index (χ3v) is 3.46. The molecule has 2 rings (SSSR count). The molecule has 1 unspecified atom stereocenters. The van der Waals surface area contributed by atoms with Gasteiger partial charge in [0.05, 0.1) is 23.1 Å². The van der Waals surface area contributed by atoms with Crippen LogP contribution >= 0.6 is 0 Å². The van der Waals surface area contributed by atoms with E-state index in [1.165, 1.54) is 0 Å². The van der Waals surface area contributed by atoms with Gasteiger partial charge in [-0.05, 0) is 21.1 Å². The SMILES string of the molecule is CNC1CC(NC)(NC)Cc2nccnc21. The van der Waals surface area contributed by atoms with Crippen LogP contribution in [0.15, 0.2) is 12.4 Å². The van der Waals surface area contributed by atoms with Crippen LogP contribution in [0.3, 0.4) is 0 Å². The second-order valence-corrected chi connectivity index (χ2v) is 4.19. The number of likely N-dealkylation sites (N-methyl/N-ethyl adjacent to an activating group) is 2. The maximum absolute atomic E-state index is 4.43. The summed E-state index contributed by atoms with van der Waals surface area (Å²) in [6, 6.07) is 0.248. The Kier molecular flexibility index (Phi) is 3.18. The molecular weight excluding hydrogens is 202 g/mol. The van der Waals surface area contributed by atoms with Crippen molar-refractivity contribution in [3.8, 4) is 0 Å². The molecule has 1 atom stereocenters. The Morgan fingerprint density at radius 3 is 2.50 bits per heavy atom. The van der Waals surface area contributed by atoms with Gasteiger partial charge >= 0.3 is 0 Å². The molecule has 0 bridgehead atoms. The number of aromatic nitrogens is 2. The average Bonchev–Trinajstić information content (AvgIpc) is 2.37. The van der Waals surface area contributed by atoms with Gasteiger partial charge in [0.25, 0.3) is 0 Å². The predicted molar refractivity (Wildman–Crippen MR) is 63.0 cm³/mol. The predicted octanol–water partition coefficient (Wildman–Crippen LogP) is -0.182. The summed E-state index contributed by atoms with van der Waals surface area (Å²) in [5.41, 5.74) is 2.06. The lowest BCUT2D eigenvalue weighted by Crippen LogP contribution is -2.59. The Balaban J connectivity index is 2.38. The molecule has 0 aromatic carbocycles. The molecule has 1 aliphatic rings. The van der Waals surface area contributed by atoms with Gasteiger partial charge in [-0.3, -0.25) is 9.97 Å². The van der Waals surface area contributed by atoms with Crippen LogP contribution < -0.4 is 16.0 Å². The first-order valence-corrected chi connectivity index (χ1v) is 5.59. The van der Waals surface area contributed by atoms with E-state index in [4.69, 9.17) is 0 Å². The normalized spacial score (nSPS) is 22.8. The lowest BCUT2D eigenvalue weighted by molar-refractivity contribution is 0.219. The molecule has 0 amide bonds. The molecular formula is C11H19N5. The van der Waals surface area contributed by atoms with Gasteiger partial charge in [-0.15, -0.1) is 0 Å². The molecule has 0 spiro atoms. The van der Waals surface area contributed by atoms with Crippen LogP contribution in [-0.4, -0.2) is 36.8 Å². The van der Waals surface area contributed by atoms with E-state index in [2.05, 4.69) is 25.9 Å². The van der Waals surface area contributed by atoms with Gasteiger partial charge in [0.1, 0.15) is 0 Å². The fourth-order valence-electron chi connectivity index (χ4n) is 2.35. The maximum Gasteiger partial charge on any atom is 0.0790 e. The molecule has 0 radical (unpaired) electrons. The molecule has 1 aliphatic carbocycles. The first kappa shape index (κ1) is 11.4. The van der Waals surface area contributed by atoms with Crippen molar-refractivity contribution in [3.63, 3.8) is 0 Å². The zero-order chi connectivity index (χ0) is 11.6. The summed E-state index contributed by atoms with van der Waals surface area (Å²) in [6.45, 7) is 0. The van der Waals surface area contributed by atoms with Gasteiger partial charge in [0.2, 0.25) is 0 Å². The number of nitrogens with zero attached hydrogens (tertiary/aromatic N) is 2. The van der Waals surface area contributed by atoms with E-state index in [9.17, 15) is 0 Å². The van der Waals surface area contributed by atoms with E-state index >= 15 is 0 Å². The summed E-state index contributed by atoms with van der Waals surface area (Å²) >= 11 is 0. The molecule has 5 nitrogen and oxygen atoms in total. The van der Waals surface area contributed by atoms with E-state index in [0.717, 1.165) is 24.2 Å². The number of nitrogens with one attached hydrogen (secondary N) is 3. The molecule has 88 valence electrons. The van der Waals surface area contributed by atoms with Crippen molar-refractivity contribution < 1.29 is 0 Å². The summed E-state index contributed by atoms with van der Waals surface area (Å²) in [4.78, 5) is 8.85. The van der Waals surface area contributed by atoms with Gasteiger partial charge in [0, 0.05) is 25.2 Å². The second kappa shape index (κ2) is 4.45. The summed E-state index contributed by atoms with van der Waals surface area (Å²) in [7, 11) is 5.92. The summed E-state index contributed by atoms with van der Waals surface area (Å²) in [6.07, 6.45) is 5.34. The molecule has 1 aromatic rings. The molecule has 1 aromatic heterocycles. The van der Waals surface area contributed by atoms with Crippen LogP contribution in [0, 0.1) is 0 Å². The standard InChI is InChI=1S/C11H19N5/c1-12-8-6-11(13-2,14-3)7-9-10(8)16-5-4-15-9/h4-5,8,12-14H,6-7H2,1-3H3. The van der Waals surface area contributed by atoms with Crippen molar-refractivity contribution in [2.24, 2.45) is 0 Å². The Labute approximate surface area is 96.1 Å². The zero-order valence-corrected chi connectivity index (χ0v) is 10.0. The fraction of sp³-hybridized carbons (Fsp3) is 0.636. The van der Waals surface area contributed by atoms with E-state index in [1.54, 1.807) is 12.4 Å². The zero-order valence-electron chi connectivity index (χ0n) is 10.0. The molecule has 5 heteroatoms. The van der Waals surface area contributed by atoms with Crippen molar-refractivity contribution in [2.45, 2.75) is 24.5 Å². The fourth-order valence-corrected chi connectivity index (χ4v) is 2.35. The highest BCUT2D eigenvalue weighted by molar-refractivity contribution is 5.23. The molecule has 1 heterocycles. The highest BCUT2D eigenvalue weighted by atomic mass is 15.2. The highest BCUT2D eigenvalue weighted by Gasteiger charge is 2.37. The van der Waals surface area contributed by atoms with E-state index < -0.39 is 0 Å². The minimum atomic E-state index is -0.0866. The molecule has 3 N–H and O–H groups in total. The first-order valence-electron chi connectivity index (χ1n) is 5.59. The minimum absolute atomic E-state index is 0.0866. The smallest absolute Gasteiger partial charge is 0.0790 e. The second-order valence-electron chi connectivity index (χ2n) is 4.19. The van der Waals surface area contributed by atoms with Crippen molar-refractivity contribution in [1.29, 1.82) is 0 Å². The van der Waals surface area contributed by atoms with Crippen molar-refractivity contribution in [3.05, 3.63) is 23.8 Å². The number of hydrogen-bond acceptors (Lipinski definition) is 5. The largest absolute Gasteiger partial charge is 0.312 e. The summed E-state index contributed by atoms with van der Waals surface area (Å²) in [5, 5.41) is 10.0. The van der Waals surface area contributed by atoms with Crippen LogP contribution in [0.1, 0.15) is 23.9 Å². The molecule has 0 saturated carbocycles. The van der Waals surface area contributed by atoms with Crippen LogP contribution in [-0.2, 0) is 6.42 Å². The van der Waals surface area contributed by atoms with Crippen LogP contribution in [0.2, 0.25) is 0 Å². The maximum atomic E-state index is 4.43. The van der Waals surface area contributed by atoms with Crippen LogP contribution in [0.25, 0.3) is 0 Å². The Hall–Kier alpha value is -1.04. The van der Waals surface area contributed by atoms with Crippen LogP contribution in [0.5, 0.6) is 0 Å². The lowest BCUT2D eigenvalue weighted by atomic mass is 9.85. The molecule has 16 heavy (non-hydrogen) atoms. The van der Waals surface area contributed by atoms with Crippen molar-refractivity contribution in [2.75, 3.05) is 21.1 Å². The molecule has 0 fully saturated rings. The van der Waals surface area contributed by atoms with Gasteiger partial charge in [-0.25, -0.2) is 0 Å². The topological polar surface area (TPSA) is 61.9 Å². The van der Waals surface area contributed by atoms with E-state index in [-0.39, 0.29) is 11.7 Å². The highest BCUT2D eigenvalue weighted by Crippen LogP contribution is 2.31. The van der Waals surface area contributed by atoms with Crippen LogP contribution in [0.4, 0.5) is 0 Å². The Bertz CT molecular complexity index is 361. The number of rotatable bonds is 3. The Morgan fingerprint density at radius 1 is 1.19 bits per heavy atom. The third-order valence-electron chi connectivity index (χ3n) is 3.46. The molecule has 0 aliphatic heterocycles. The lowest BCUT2D eigenvalue weighted by Gasteiger charge is -2.40. The van der Waals surface area contributed by atoms with E-state index in [1.807, 2.05) is 21.1 Å². The third kappa shape index (κ3) is 1.81. The number of fused-ring (bicyclic) bond motifs is 1. The van der Waals surface area contributed by atoms with Crippen molar-refractivity contribution in [1.82, 2.24) is 25.9 Å².